The maximum Gasteiger partial charge on any atom is 0.250 e. The molecule has 28 heavy (non-hydrogen) atoms. The fraction of sp³-hybridized carbons (Fsp3) is 0.579. The van der Waals surface area contributed by atoms with E-state index in [9.17, 15) is 13.2 Å². The van der Waals surface area contributed by atoms with E-state index in [0.717, 1.165) is 31.2 Å². The minimum atomic E-state index is -3.97. The van der Waals surface area contributed by atoms with Crippen LogP contribution in [0, 0.1) is 5.92 Å². The largest absolute Gasteiger partial charge is 0.352 e. The van der Waals surface area contributed by atoms with Crippen molar-refractivity contribution in [3.8, 4) is 11.4 Å². The molecule has 0 bridgehead atoms. The molecule has 0 saturated heterocycles. The molecule has 0 aliphatic heterocycles. The van der Waals surface area contributed by atoms with Crippen molar-refractivity contribution in [3.63, 3.8) is 0 Å². The number of rotatable bonds is 6. The molecule has 1 amide bonds. The van der Waals surface area contributed by atoms with Crippen LogP contribution in [-0.4, -0.2) is 45.4 Å². The zero-order valence-electron chi connectivity index (χ0n) is 16.5. The SMILES string of the molecule is CCn1c(-c2ccncc2)nnc1S(=O)(=O)[C@H](C)C(=O)N[C@@H]1CCCC[C@H]1C. The number of nitrogens with one attached hydrogen (secondary N) is 1. The van der Waals surface area contributed by atoms with Gasteiger partial charge in [0.05, 0.1) is 0 Å². The van der Waals surface area contributed by atoms with E-state index in [1.165, 1.54) is 11.5 Å². The highest BCUT2D eigenvalue weighted by Crippen LogP contribution is 2.25. The van der Waals surface area contributed by atoms with Gasteiger partial charge >= 0.3 is 0 Å². The van der Waals surface area contributed by atoms with Crippen LogP contribution < -0.4 is 5.32 Å². The van der Waals surface area contributed by atoms with Gasteiger partial charge in [0.25, 0.3) is 5.16 Å². The smallest absolute Gasteiger partial charge is 0.250 e. The Labute approximate surface area is 165 Å². The van der Waals surface area contributed by atoms with Gasteiger partial charge in [-0.1, -0.05) is 19.8 Å². The second-order valence-corrected chi connectivity index (χ2v) is 9.51. The van der Waals surface area contributed by atoms with E-state index < -0.39 is 21.0 Å². The van der Waals surface area contributed by atoms with Crippen molar-refractivity contribution in [2.45, 2.75) is 69.4 Å². The van der Waals surface area contributed by atoms with Crippen molar-refractivity contribution in [2.24, 2.45) is 5.92 Å². The normalized spacial score (nSPS) is 21.2. The maximum absolute atomic E-state index is 13.1. The molecule has 2 aromatic rings. The highest BCUT2D eigenvalue weighted by Gasteiger charge is 2.36. The van der Waals surface area contributed by atoms with Gasteiger partial charge in [0, 0.05) is 30.5 Å². The first kappa shape index (κ1) is 20.4. The van der Waals surface area contributed by atoms with Crippen molar-refractivity contribution in [1.82, 2.24) is 25.1 Å². The molecule has 0 unspecified atom stereocenters. The molecule has 3 rings (SSSR count). The number of sulfone groups is 1. The van der Waals surface area contributed by atoms with E-state index in [2.05, 4.69) is 27.4 Å². The first-order chi connectivity index (χ1) is 13.4. The van der Waals surface area contributed by atoms with Crippen LogP contribution >= 0.6 is 0 Å². The van der Waals surface area contributed by atoms with Gasteiger partial charge in [-0.15, -0.1) is 10.2 Å². The first-order valence-electron chi connectivity index (χ1n) is 9.74. The predicted molar refractivity (Wildman–Crippen MR) is 105 cm³/mol. The van der Waals surface area contributed by atoms with E-state index in [4.69, 9.17) is 0 Å². The lowest BCUT2D eigenvalue weighted by Gasteiger charge is -2.30. The topological polar surface area (TPSA) is 107 Å². The van der Waals surface area contributed by atoms with E-state index >= 15 is 0 Å². The Kier molecular flexibility index (Phi) is 6.12. The Morgan fingerprint density at radius 2 is 1.93 bits per heavy atom. The van der Waals surface area contributed by atoms with E-state index in [-0.39, 0.29) is 11.2 Å². The van der Waals surface area contributed by atoms with Crippen LogP contribution in [0.15, 0.2) is 29.7 Å². The number of amides is 1. The van der Waals surface area contributed by atoms with Gasteiger partial charge in [0.1, 0.15) is 5.25 Å². The minimum Gasteiger partial charge on any atom is -0.352 e. The Hall–Kier alpha value is -2.29. The van der Waals surface area contributed by atoms with Crippen molar-refractivity contribution < 1.29 is 13.2 Å². The van der Waals surface area contributed by atoms with Gasteiger partial charge < -0.3 is 5.32 Å². The zero-order valence-corrected chi connectivity index (χ0v) is 17.3. The van der Waals surface area contributed by atoms with Gasteiger partial charge in [0.2, 0.25) is 15.7 Å². The second-order valence-electron chi connectivity index (χ2n) is 7.35. The zero-order chi connectivity index (χ0) is 20.3. The molecule has 1 fully saturated rings. The molecule has 2 aromatic heterocycles. The quantitative estimate of drug-likeness (QED) is 0.790. The number of hydrogen-bond donors (Lipinski definition) is 1. The van der Waals surface area contributed by atoms with Gasteiger partial charge in [-0.2, -0.15) is 0 Å². The molecular formula is C19H27N5O3S. The van der Waals surface area contributed by atoms with Crippen LogP contribution in [0.1, 0.15) is 46.5 Å². The lowest BCUT2D eigenvalue weighted by molar-refractivity contribution is -0.121. The summed E-state index contributed by atoms with van der Waals surface area (Å²) in [5.74, 6) is 0.317. The predicted octanol–water partition coefficient (Wildman–Crippen LogP) is 2.22. The van der Waals surface area contributed by atoms with Crippen molar-refractivity contribution in [2.75, 3.05) is 0 Å². The third kappa shape index (κ3) is 3.94. The Bertz CT molecular complexity index is 926. The summed E-state index contributed by atoms with van der Waals surface area (Å²) in [6.45, 7) is 5.70. The third-order valence-corrected chi connectivity index (χ3v) is 7.46. The number of nitrogens with zero attached hydrogens (tertiary/aromatic N) is 4. The molecule has 3 atom stereocenters. The maximum atomic E-state index is 13.1. The fourth-order valence-electron chi connectivity index (χ4n) is 3.63. The molecule has 1 aliphatic carbocycles. The van der Waals surface area contributed by atoms with Crippen molar-refractivity contribution in [1.29, 1.82) is 0 Å². The van der Waals surface area contributed by atoms with Crippen LogP contribution in [0.4, 0.5) is 0 Å². The summed E-state index contributed by atoms with van der Waals surface area (Å²) in [6.07, 6.45) is 7.36. The van der Waals surface area contributed by atoms with E-state index in [0.29, 0.717) is 18.3 Å². The monoisotopic (exact) mass is 405 g/mol. The van der Waals surface area contributed by atoms with Crippen molar-refractivity contribution in [3.05, 3.63) is 24.5 Å². The Morgan fingerprint density at radius 1 is 1.25 bits per heavy atom. The standard InChI is InChI=1S/C19H27N5O3S/c1-4-24-17(15-9-11-20-12-10-15)22-23-19(24)28(26,27)14(3)18(25)21-16-8-6-5-7-13(16)2/h9-14,16H,4-8H2,1-3H3,(H,21,25)/t13-,14-,16-/m1/s1. The number of carbonyl (C=O) groups is 1. The lowest BCUT2D eigenvalue weighted by Crippen LogP contribution is -2.47. The number of pyridine rings is 1. The molecule has 152 valence electrons. The summed E-state index contributed by atoms with van der Waals surface area (Å²) >= 11 is 0. The molecule has 0 radical (unpaired) electrons. The number of carbonyl (C=O) groups excluding carboxylic acids is 1. The highest BCUT2D eigenvalue weighted by molar-refractivity contribution is 7.92. The molecule has 9 heteroatoms. The van der Waals surface area contributed by atoms with Crippen molar-refractivity contribution >= 4 is 15.7 Å². The molecule has 0 aromatic carbocycles. The van der Waals surface area contributed by atoms with E-state index in [1.807, 2.05) is 6.92 Å². The highest BCUT2D eigenvalue weighted by atomic mass is 32.2. The lowest BCUT2D eigenvalue weighted by atomic mass is 9.86. The van der Waals surface area contributed by atoms with E-state index in [1.54, 1.807) is 24.5 Å². The molecule has 0 spiro atoms. The first-order valence-corrected chi connectivity index (χ1v) is 11.3. The fourth-order valence-corrected chi connectivity index (χ4v) is 4.97. The summed E-state index contributed by atoms with van der Waals surface area (Å²) in [7, 11) is -3.97. The van der Waals surface area contributed by atoms with Crippen LogP contribution in [0.25, 0.3) is 11.4 Å². The average Bonchev–Trinajstić information content (AvgIpc) is 3.14. The molecule has 1 saturated carbocycles. The summed E-state index contributed by atoms with van der Waals surface area (Å²) in [4.78, 5) is 16.7. The molecular weight excluding hydrogens is 378 g/mol. The number of hydrogen-bond acceptors (Lipinski definition) is 6. The van der Waals surface area contributed by atoms with Crippen LogP contribution in [0.5, 0.6) is 0 Å². The average molecular weight is 406 g/mol. The van der Waals surface area contributed by atoms with Crippen LogP contribution in [0.2, 0.25) is 0 Å². The summed E-state index contributed by atoms with van der Waals surface area (Å²) < 4.78 is 27.8. The molecule has 1 N–H and O–H groups in total. The van der Waals surface area contributed by atoms with Gasteiger partial charge in [-0.3, -0.25) is 14.3 Å². The second kappa shape index (κ2) is 8.38. The molecule has 1 aliphatic rings. The van der Waals surface area contributed by atoms with Crippen LogP contribution in [-0.2, 0) is 21.2 Å². The Balaban J connectivity index is 1.86. The third-order valence-electron chi connectivity index (χ3n) is 5.50. The summed E-state index contributed by atoms with van der Waals surface area (Å²) in [5.41, 5.74) is 0.721. The molecule has 8 nitrogen and oxygen atoms in total. The summed E-state index contributed by atoms with van der Waals surface area (Å²) in [6, 6.07) is 3.51. The van der Waals surface area contributed by atoms with Crippen LogP contribution in [0.3, 0.4) is 0 Å². The minimum absolute atomic E-state index is 0.0234. The van der Waals surface area contributed by atoms with Gasteiger partial charge in [-0.05, 0) is 44.7 Å². The Morgan fingerprint density at radius 3 is 2.57 bits per heavy atom. The summed E-state index contributed by atoms with van der Waals surface area (Å²) in [5, 5.41) is 9.51. The molecule has 2 heterocycles. The van der Waals surface area contributed by atoms with Gasteiger partial charge in [-0.25, -0.2) is 8.42 Å². The number of aromatic nitrogens is 4. The van der Waals surface area contributed by atoms with Gasteiger partial charge in [0.15, 0.2) is 5.82 Å².